The molecule has 0 bridgehead atoms. The number of rotatable bonds is 7. The van der Waals surface area contributed by atoms with Gasteiger partial charge >= 0.3 is 0 Å². The molecule has 0 unspecified atom stereocenters. The fourth-order valence-corrected chi connectivity index (χ4v) is 3.66. The van der Waals surface area contributed by atoms with Crippen molar-refractivity contribution in [3.05, 3.63) is 106 Å². The summed E-state index contributed by atoms with van der Waals surface area (Å²) >= 11 is 6.16. The minimum Gasteiger partial charge on any atom is -0.454 e. The molecule has 35 heavy (non-hydrogen) atoms. The van der Waals surface area contributed by atoms with Crippen molar-refractivity contribution in [1.82, 2.24) is 9.55 Å². The van der Waals surface area contributed by atoms with Crippen molar-refractivity contribution in [3.8, 4) is 22.6 Å². The summed E-state index contributed by atoms with van der Waals surface area (Å²) in [5.74, 6) is 0.0494. The number of benzene rings is 2. The Kier molecular flexibility index (Phi) is 6.98. The maximum atomic E-state index is 13.4. The average Bonchev–Trinajstić information content (AvgIpc) is 2.84. The van der Waals surface area contributed by atoms with E-state index in [2.05, 4.69) is 4.98 Å². The Bertz CT molecular complexity index is 1430. The highest BCUT2D eigenvalue weighted by Crippen LogP contribution is 2.33. The minimum absolute atomic E-state index is 0.00903. The van der Waals surface area contributed by atoms with E-state index in [4.69, 9.17) is 22.1 Å². The summed E-state index contributed by atoms with van der Waals surface area (Å²) in [5, 5.41) is 0.300. The molecule has 0 radical (unpaired) electrons. The molecular formula is C27H23ClFN3O3. The van der Waals surface area contributed by atoms with Crippen molar-refractivity contribution in [3.63, 3.8) is 0 Å². The SMILES string of the molecule is CC(C)n1cc(C(=O)Cc2ccc(Oc3cccc(N)c3Cl)cn2)c(=O)c(-c2ccc(F)cc2)c1. The third-order valence-corrected chi connectivity index (χ3v) is 5.86. The number of nitrogens with two attached hydrogens (primary N) is 1. The van der Waals surface area contributed by atoms with Gasteiger partial charge in [-0.05, 0) is 55.8 Å². The Balaban J connectivity index is 1.59. The van der Waals surface area contributed by atoms with E-state index in [1.165, 1.54) is 30.5 Å². The van der Waals surface area contributed by atoms with Crippen molar-refractivity contribution >= 4 is 23.1 Å². The van der Waals surface area contributed by atoms with Gasteiger partial charge in [-0.25, -0.2) is 4.39 Å². The Morgan fingerprint density at radius 2 is 1.86 bits per heavy atom. The highest BCUT2D eigenvalue weighted by atomic mass is 35.5. The average molecular weight is 492 g/mol. The van der Waals surface area contributed by atoms with Crippen LogP contribution in [0.25, 0.3) is 11.1 Å². The Morgan fingerprint density at radius 1 is 1.11 bits per heavy atom. The molecule has 0 amide bonds. The van der Waals surface area contributed by atoms with E-state index in [1.54, 1.807) is 47.3 Å². The standard InChI is InChI=1S/C27H23ClFN3O3/c1-16(2)32-14-21(17-6-8-18(29)9-7-17)27(34)22(15-32)24(33)12-19-10-11-20(13-31-19)35-25-5-3-4-23(30)26(25)28/h3-11,13-16H,12,30H2,1-2H3. The number of nitrogen functional groups attached to an aromatic ring is 1. The van der Waals surface area contributed by atoms with Crippen molar-refractivity contribution in [2.45, 2.75) is 26.3 Å². The van der Waals surface area contributed by atoms with E-state index in [1.807, 2.05) is 13.8 Å². The molecule has 2 heterocycles. The minimum atomic E-state index is -0.408. The molecule has 0 atom stereocenters. The molecule has 178 valence electrons. The molecule has 0 aliphatic heterocycles. The zero-order chi connectivity index (χ0) is 25.1. The van der Waals surface area contributed by atoms with Crippen LogP contribution < -0.4 is 15.9 Å². The van der Waals surface area contributed by atoms with Gasteiger partial charge in [-0.1, -0.05) is 29.8 Å². The predicted octanol–water partition coefficient (Wildman–Crippen LogP) is 6.08. The summed E-state index contributed by atoms with van der Waals surface area (Å²) in [6.07, 6.45) is 4.65. The van der Waals surface area contributed by atoms with Gasteiger partial charge in [-0.3, -0.25) is 14.6 Å². The van der Waals surface area contributed by atoms with Gasteiger partial charge in [0.2, 0.25) is 0 Å². The predicted molar refractivity (Wildman–Crippen MR) is 135 cm³/mol. The number of aromatic nitrogens is 2. The second-order valence-electron chi connectivity index (χ2n) is 8.31. The second-order valence-corrected chi connectivity index (χ2v) is 8.69. The van der Waals surface area contributed by atoms with E-state index in [0.29, 0.717) is 39.0 Å². The van der Waals surface area contributed by atoms with E-state index in [9.17, 15) is 14.0 Å². The Hall–Kier alpha value is -3.97. The first-order valence-electron chi connectivity index (χ1n) is 10.9. The van der Waals surface area contributed by atoms with Crippen molar-refractivity contribution < 1.29 is 13.9 Å². The lowest BCUT2D eigenvalue weighted by Gasteiger charge is -2.15. The van der Waals surface area contributed by atoms with Gasteiger partial charge in [0, 0.05) is 29.7 Å². The molecule has 6 nitrogen and oxygen atoms in total. The van der Waals surface area contributed by atoms with Crippen LogP contribution in [0.1, 0.15) is 35.9 Å². The van der Waals surface area contributed by atoms with Crippen LogP contribution in [0, 0.1) is 5.82 Å². The van der Waals surface area contributed by atoms with Gasteiger partial charge in [-0.2, -0.15) is 0 Å². The number of ether oxygens (including phenoxy) is 1. The van der Waals surface area contributed by atoms with E-state index >= 15 is 0 Å². The quantitative estimate of drug-likeness (QED) is 0.250. The molecule has 0 saturated carbocycles. The molecular weight excluding hydrogens is 469 g/mol. The number of hydrogen-bond donors (Lipinski definition) is 1. The second kappa shape index (κ2) is 10.1. The maximum absolute atomic E-state index is 13.4. The van der Waals surface area contributed by atoms with Crippen LogP contribution in [-0.4, -0.2) is 15.3 Å². The van der Waals surface area contributed by atoms with Gasteiger partial charge in [0.25, 0.3) is 0 Å². The molecule has 2 N–H and O–H groups in total. The highest BCUT2D eigenvalue weighted by Gasteiger charge is 2.18. The van der Waals surface area contributed by atoms with Crippen molar-refractivity contribution in [2.24, 2.45) is 0 Å². The van der Waals surface area contributed by atoms with E-state index in [-0.39, 0.29) is 23.8 Å². The molecule has 4 rings (SSSR count). The number of Topliss-reactive ketones (excluding diaryl/α,β-unsaturated/α-hetero) is 1. The van der Waals surface area contributed by atoms with Gasteiger partial charge in [0.05, 0.1) is 23.9 Å². The van der Waals surface area contributed by atoms with Crippen LogP contribution >= 0.6 is 11.6 Å². The van der Waals surface area contributed by atoms with E-state index in [0.717, 1.165) is 0 Å². The smallest absolute Gasteiger partial charge is 0.200 e. The molecule has 0 spiro atoms. The molecule has 0 saturated heterocycles. The van der Waals surface area contributed by atoms with Crippen LogP contribution in [0.2, 0.25) is 5.02 Å². The lowest BCUT2D eigenvalue weighted by Crippen LogP contribution is -2.22. The van der Waals surface area contributed by atoms with Crippen LogP contribution in [0.4, 0.5) is 10.1 Å². The first-order chi connectivity index (χ1) is 16.7. The molecule has 2 aromatic heterocycles. The van der Waals surface area contributed by atoms with Crippen LogP contribution in [0.3, 0.4) is 0 Å². The number of carbonyl (C=O) groups is 1. The lowest BCUT2D eigenvalue weighted by molar-refractivity contribution is 0.0990. The summed E-state index contributed by atoms with van der Waals surface area (Å²) in [6.45, 7) is 3.89. The van der Waals surface area contributed by atoms with Crippen LogP contribution in [-0.2, 0) is 6.42 Å². The number of ketones is 1. The molecule has 0 aliphatic rings. The lowest BCUT2D eigenvalue weighted by atomic mass is 10.0. The third kappa shape index (κ3) is 5.41. The number of hydrogen-bond acceptors (Lipinski definition) is 5. The van der Waals surface area contributed by atoms with Gasteiger partial charge in [0.15, 0.2) is 11.2 Å². The van der Waals surface area contributed by atoms with Crippen molar-refractivity contribution in [1.29, 1.82) is 0 Å². The van der Waals surface area contributed by atoms with Gasteiger partial charge < -0.3 is 15.0 Å². The van der Waals surface area contributed by atoms with Gasteiger partial charge in [0.1, 0.15) is 22.3 Å². The molecule has 4 aromatic rings. The third-order valence-electron chi connectivity index (χ3n) is 5.46. The zero-order valence-electron chi connectivity index (χ0n) is 19.2. The molecule has 0 aliphatic carbocycles. The maximum Gasteiger partial charge on any atom is 0.200 e. The molecule has 2 aromatic carbocycles. The normalized spacial score (nSPS) is 11.0. The Labute approximate surface area is 206 Å². The Morgan fingerprint density at radius 3 is 2.51 bits per heavy atom. The zero-order valence-corrected chi connectivity index (χ0v) is 19.9. The van der Waals surface area contributed by atoms with E-state index < -0.39 is 11.2 Å². The number of pyridine rings is 2. The summed E-state index contributed by atoms with van der Waals surface area (Å²) in [6, 6.07) is 14.0. The number of anilines is 1. The van der Waals surface area contributed by atoms with Gasteiger partial charge in [-0.15, -0.1) is 0 Å². The number of nitrogens with zero attached hydrogens (tertiary/aromatic N) is 2. The summed E-state index contributed by atoms with van der Waals surface area (Å²) in [4.78, 5) is 30.6. The molecule has 8 heteroatoms. The first-order valence-corrected chi connectivity index (χ1v) is 11.3. The van der Waals surface area contributed by atoms with Crippen LogP contribution in [0.5, 0.6) is 11.5 Å². The highest BCUT2D eigenvalue weighted by molar-refractivity contribution is 6.34. The largest absolute Gasteiger partial charge is 0.454 e. The fourth-order valence-electron chi connectivity index (χ4n) is 3.50. The summed E-state index contributed by atoms with van der Waals surface area (Å²) in [5.41, 5.74) is 7.19. The topological polar surface area (TPSA) is 87.2 Å². The number of halogens is 2. The molecule has 0 fully saturated rings. The monoisotopic (exact) mass is 491 g/mol. The summed E-state index contributed by atoms with van der Waals surface area (Å²) < 4.78 is 20.9. The summed E-state index contributed by atoms with van der Waals surface area (Å²) in [7, 11) is 0. The van der Waals surface area contributed by atoms with Crippen LogP contribution in [0.15, 0.2) is 78.0 Å². The first kappa shape index (κ1) is 24.2. The fraction of sp³-hybridized carbons (Fsp3) is 0.148. The number of carbonyl (C=O) groups excluding carboxylic acids is 1. The van der Waals surface area contributed by atoms with Crippen molar-refractivity contribution in [2.75, 3.05) is 5.73 Å².